The third kappa shape index (κ3) is 1.87. The molecule has 5 nitrogen and oxygen atoms in total. The second-order valence-electron chi connectivity index (χ2n) is 4.78. The van der Waals surface area contributed by atoms with Gasteiger partial charge in [0.1, 0.15) is 5.75 Å². The molecule has 3 aromatic rings. The number of methoxy groups -OCH3 is 1. The molecule has 0 bridgehead atoms. The summed E-state index contributed by atoms with van der Waals surface area (Å²) >= 11 is 0. The first-order valence-corrected chi connectivity index (χ1v) is 6.28. The zero-order valence-electron chi connectivity index (χ0n) is 11.2. The summed E-state index contributed by atoms with van der Waals surface area (Å²) in [7, 11) is 1.66. The Labute approximate surface area is 111 Å². The smallest absolute Gasteiger partial charge is 0.187 e. The van der Waals surface area contributed by atoms with Crippen LogP contribution in [-0.4, -0.2) is 26.9 Å². The Morgan fingerprint density at radius 2 is 2.00 bits per heavy atom. The minimum absolute atomic E-state index is 0.423. The Kier molecular flexibility index (Phi) is 2.74. The van der Waals surface area contributed by atoms with Gasteiger partial charge in [-0.05, 0) is 18.1 Å². The fourth-order valence-electron chi connectivity index (χ4n) is 2.10. The molecule has 5 heteroatoms. The molecule has 19 heavy (non-hydrogen) atoms. The minimum atomic E-state index is 0.423. The van der Waals surface area contributed by atoms with Crippen LogP contribution >= 0.6 is 0 Å². The second kappa shape index (κ2) is 4.42. The number of ether oxygens (including phenoxy) is 1. The first-order chi connectivity index (χ1) is 9.20. The van der Waals surface area contributed by atoms with Gasteiger partial charge in [-0.15, -0.1) is 10.2 Å². The monoisotopic (exact) mass is 256 g/mol. The number of hydrogen-bond acceptors (Lipinski definition) is 3. The maximum atomic E-state index is 5.38. The first kappa shape index (κ1) is 11.8. The molecule has 1 aromatic carbocycles. The van der Waals surface area contributed by atoms with Gasteiger partial charge in [0.25, 0.3) is 0 Å². The number of nitrogens with one attached hydrogen (secondary N) is 1. The van der Waals surface area contributed by atoms with Gasteiger partial charge in [0.15, 0.2) is 11.5 Å². The molecule has 0 aliphatic carbocycles. The van der Waals surface area contributed by atoms with Crippen LogP contribution in [0.25, 0.3) is 17.0 Å². The van der Waals surface area contributed by atoms with Crippen molar-refractivity contribution in [3.8, 4) is 17.1 Å². The second-order valence-corrected chi connectivity index (χ2v) is 4.78. The van der Waals surface area contributed by atoms with Gasteiger partial charge in [-0.2, -0.15) is 0 Å². The average molecular weight is 256 g/mol. The van der Waals surface area contributed by atoms with E-state index in [0.29, 0.717) is 5.92 Å². The van der Waals surface area contributed by atoms with Crippen molar-refractivity contribution < 1.29 is 4.74 Å². The molecule has 0 fully saturated rings. The van der Waals surface area contributed by atoms with Crippen molar-refractivity contribution in [1.82, 2.24) is 19.8 Å². The van der Waals surface area contributed by atoms with Gasteiger partial charge in [-0.3, -0.25) is 5.10 Å². The van der Waals surface area contributed by atoms with E-state index < -0.39 is 0 Å². The summed E-state index contributed by atoms with van der Waals surface area (Å²) in [6, 6.07) is 9.82. The molecule has 0 spiro atoms. The van der Waals surface area contributed by atoms with E-state index in [9.17, 15) is 0 Å². The number of nitrogens with zero attached hydrogens (tertiary/aromatic N) is 3. The highest BCUT2D eigenvalue weighted by Crippen LogP contribution is 2.28. The van der Waals surface area contributed by atoms with E-state index in [1.165, 1.54) is 0 Å². The van der Waals surface area contributed by atoms with Crippen LogP contribution in [0.4, 0.5) is 0 Å². The summed E-state index contributed by atoms with van der Waals surface area (Å²) in [6.45, 7) is 4.28. The van der Waals surface area contributed by atoms with Gasteiger partial charge >= 0.3 is 0 Å². The molecule has 0 radical (unpaired) electrons. The lowest BCUT2D eigenvalue weighted by Gasteiger charge is -2.05. The van der Waals surface area contributed by atoms with Crippen molar-refractivity contribution in [2.45, 2.75) is 19.8 Å². The summed E-state index contributed by atoms with van der Waals surface area (Å²) in [6.07, 6.45) is 0. The summed E-state index contributed by atoms with van der Waals surface area (Å²) < 4.78 is 7.27. The molecular formula is C14H16N4O. The van der Waals surface area contributed by atoms with Crippen molar-refractivity contribution in [1.29, 1.82) is 0 Å². The predicted molar refractivity (Wildman–Crippen MR) is 73.4 cm³/mol. The highest BCUT2D eigenvalue weighted by atomic mass is 16.5. The van der Waals surface area contributed by atoms with Crippen molar-refractivity contribution in [3.05, 3.63) is 36.0 Å². The van der Waals surface area contributed by atoms with Gasteiger partial charge in [0.2, 0.25) is 0 Å². The van der Waals surface area contributed by atoms with Crippen LogP contribution in [0.15, 0.2) is 30.3 Å². The van der Waals surface area contributed by atoms with E-state index in [4.69, 9.17) is 4.74 Å². The average Bonchev–Trinajstić information content (AvgIpc) is 2.98. The number of H-pyrrole nitrogens is 1. The van der Waals surface area contributed by atoms with Crippen LogP contribution in [0, 0.1) is 0 Å². The third-order valence-corrected chi connectivity index (χ3v) is 3.18. The molecule has 0 atom stereocenters. The molecule has 1 N–H and O–H groups in total. The first-order valence-electron chi connectivity index (χ1n) is 6.28. The fraction of sp³-hybridized carbons (Fsp3) is 0.286. The van der Waals surface area contributed by atoms with Crippen molar-refractivity contribution in [2.75, 3.05) is 7.11 Å². The Bertz CT molecular complexity index is 711. The van der Waals surface area contributed by atoms with Crippen molar-refractivity contribution in [3.63, 3.8) is 0 Å². The van der Waals surface area contributed by atoms with Crippen LogP contribution in [-0.2, 0) is 0 Å². The topological polar surface area (TPSA) is 55.2 Å². The van der Waals surface area contributed by atoms with Crippen LogP contribution in [0.5, 0.6) is 5.75 Å². The molecular weight excluding hydrogens is 240 g/mol. The maximum absolute atomic E-state index is 5.38. The molecule has 0 amide bonds. The summed E-state index contributed by atoms with van der Waals surface area (Å²) in [4.78, 5) is 0. The van der Waals surface area contributed by atoms with Crippen LogP contribution in [0.2, 0.25) is 0 Å². The SMILES string of the molecule is COc1ccccc1-c1nnc2cc(C(C)C)[nH]n12. The minimum Gasteiger partial charge on any atom is -0.496 e. The third-order valence-electron chi connectivity index (χ3n) is 3.18. The van der Waals surface area contributed by atoms with E-state index in [1.54, 1.807) is 7.11 Å². The number of rotatable bonds is 3. The van der Waals surface area contributed by atoms with Gasteiger partial charge in [0.05, 0.1) is 12.7 Å². The molecule has 3 rings (SSSR count). The van der Waals surface area contributed by atoms with Crippen LogP contribution in [0.3, 0.4) is 0 Å². The molecule has 0 saturated heterocycles. The highest BCUT2D eigenvalue weighted by Gasteiger charge is 2.15. The van der Waals surface area contributed by atoms with Crippen LogP contribution in [0.1, 0.15) is 25.5 Å². The molecule has 0 unspecified atom stereocenters. The van der Waals surface area contributed by atoms with E-state index >= 15 is 0 Å². The number of benzene rings is 1. The lowest BCUT2D eigenvalue weighted by atomic mass is 10.1. The standard InChI is InChI=1S/C14H16N4O/c1-9(2)11-8-13-15-16-14(18(13)17-11)10-6-4-5-7-12(10)19-3/h4-9,17H,1-3H3. The zero-order valence-corrected chi connectivity index (χ0v) is 11.2. The van der Waals surface area contributed by atoms with Crippen molar-refractivity contribution >= 4 is 5.65 Å². The van der Waals surface area contributed by atoms with E-state index in [1.807, 2.05) is 34.8 Å². The quantitative estimate of drug-likeness (QED) is 0.784. The molecule has 2 heterocycles. The molecule has 0 aliphatic heterocycles. The Balaban J connectivity index is 2.19. The largest absolute Gasteiger partial charge is 0.496 e. The number of hydrogen-bond donors (Lipinski definition) is 1. The Morgan fingerprint density at radius 3 is 2.74 bits per heavy atom. The highest BCUT2D eigenvalue weighted by molar-refractivity contribution is 5.66. The van der Waals surface area contributed by atoms with Crippen LogP contribution < -0.4 is 4.74 Å². The molecule has 0 saturated carbocycles. The fourth-order valence-corrected chi connectivity index (χ4v) is 2.10. The van der Waals surface area contributed by atoms with Gasteiger partial charge in [-0.1, -0.05) is 26.0 Å². The van der Waals surface area contributed by atoms with E-state index in [-0.39, 0.29) is 0 Å². The van der Waals surface area contributed by atoms with E-state index in [0.717, 1.165) is 28.5 Å². The van der Waals surface area contributed by atoms with Gasteiger partial charge < -0.3 is 4.74 Å². The predicted octanol–water partition coefficient (Wildman–Crippen LogP) is 2.86. The van der Waals surface area contributed by atoms with Gasteiger partial charge in [-0.25, -0.2) is 4.52 Å². The number of aromatic amines is 1. The molecule has 98 valence electrons. The maximum Gasteiger partial charge on any atom is 0.187 e. The summed E-state index contributed by atoms with van der Waals surface area (Å²) in [5.41, 5.74) is 2.89. The van der Waals surface area contributed by atoms with E-state index in [2.05, 4.69) is 29.1 Å². The van der Waals surface area contributed by atoms with Gasteiger partial charge in [0, 0.05) is 11.8 Å². The summed E-state index contributed by atoms with van der Waals surface area (Å²) in [5.74, 6) is 1.98. The number of para-hydroxylation sites is 1. The Hall–Kier alpha value is -2.30. The lowest BCUT2D eigenvalue weighted by molar-refractivity contribution is 0.416. The lowest BCUT2D eigenvalue weighted by Crippen LogP contribution is -1.95. The Morgan fingerprint density at radius 1 is 1.21 bits per heavy atom. The number of aromatic nitrogens is 4. The normalized spacial score (nSPS) is 11.4. The molecule has 2 aromatic heterocycles. The van der Waals surface area contributed by atoms with Crippen molar-refractivity contribution in [2.24, 2.45) is 0 Å². The molecule has 0 aliphatic rings. The summed E-state index contributed by atoms with van der Waals surface area (Å²) in [5, 5.41) is 11.8. The number of fused-ring (bicyclic) bond motifs is 1. The zero-order chi connectivity index (χ0) is 13.4.